The molecule has 0 spiro atoms. The Morgan fingerprint density at radius 2 is 1.89 bits per heavy atom. The lowest BCUT2D eigenvalue weighted by molar-refractivity contribution is -0.385. The number of phenols is 1. The molecule has 0 radical (unpaired) electrons. The smallest absolute Gasteiger partial charge is 0.311 e. The number of carbonyl (C=O) groups excluding carboxylic acids is 2. The highest BCUT2D eigenvalue weighted by Crippen LogP contribution is 2.40. The number of ketones is 1. The van der Waals surface area contributed by atoms with Gasteiger partial charge in [0.15, 0.2) is 17.3 Å². The van der Waals surface area contributed by atoms with Crippen LogP contribution in [-0.2, 0) is 9.59 Å². The van der Waals surface area contributed by atoms with E-state index in [-0.39, 0.29) is 18.5 Å². The fraction of sp³-hybridized carbons (Fsp3) is 0.474. The Bertz CT molecular complexity index is 816. The highest BCUT2D eigenvalue weighted by molar-refractivity contribution is 6.08. The van der Waals surface area contributed by atoms with Crippen molar-refractivity contribution in [3.05, 3.63) is 45.2 Å². The Labute approximate surface area is 163 Å². The van der Waals surface area contributed by atoms with Crippen molar-refractivity contribution >= 4 is 17.4 Å². The number of hydrogen-bond donors (Lipinski definition) is 2. The van der Waals surface area contributed by atoms with Crippen LogP contribution in [0.1, 0.15) is 38.8 Å². The van der Waals surface area contributed by atoms with Crippen LogP contribution in [0.25, 0.3) is 0 Å². The minimum absolute atomic E-state index is 0.0629. The van der Waals surface area contributed by atoms with Crippen LogP contribution in [0.5, 0.6) is 5.75 Å². The van der Waals surface area contributed by atoms with E-state index in [4.69, 9.17) is 0 Å². The van der Waals surface area contributed by atoms with Gasteiger partial charge in [-0.25, -0.2) is 0 Å². The molecule has 1 unspecified atom stereocenters. The van der Waals surface area contributed by atoms with Gasteiger partial charge in [-0.2, -0.15) is 0 Å². The molecule has 2 rings (SSSR count). The van der Waals surface area contributed by atoms with E-state index in [0.29, 0.717) is 12.1 Å². The lowest BCUT2D eigenvalue weighted by atomic mass is 9.94. The number of nitro benzene ring substituents is 1. The van der Waals surface area contributed by atoms with Gasteiger partial charge in [0.05, 0.1) is 16.5 Å². The molecule has 0 saturated heterocycles. The van der Waals surface area contributed by atoms with Gasteiger partial charge < -0.3 is 20.0 Å². The number of benzene rings is 1. The number of aromatic hydroxyl groups is 1. The zero-order chi connectivity index (χ0) is 21.0. The first kappa shape index (κ1) is 21.4. The SMILES string of the molecule is CCC(=O)C1=C(O)C(=O)N(CCN(CC)CC)C1c1ccc(O)c([N+](=O)[O-])c1. The maximum Gasteiger partial charge on any atom is 0.311 e. The van der Waals surface area contributed by atoms with Crippen molar-refractivity contribution in [3.8, 4) is 5.75 Å². The van der Waals surface area contributed by atoms with E-state index in [1.54, 1.807) is 6.92 Å². The highest BCUT2D eigenvalue weighted by Gasteiger charge is 2.43. The standard InChI is InChI=1S/C19H25N3O6/c1-4-14(23)16-17(12-7-8-15(24)13(11-12)22(27)28)21(19(26)18(16)25)10-9-20(5-2)6-3/h7-8,11,17,24-25H,4-6,9-10H2,1-3H3. The number of nitrogens with zero attached hydrogens (tertiary/aromatic N) is 3. The zero-order valence-corrected chi connectivity index (χ0v) is 16.2. The molecule has 1 aromatic carbocycles. The fourth-order valence-corrected chi connectivity index (χ4v) is 3.35. The molecule has 0 aromatic heterocycles. The van der Waals surface area contributed by atoms with E-state index in [9.17, 15) is 29.9 Å². The Hall–Kier alpha value is -2.94. The molecular formula is C19H25N3O6. The Morgan fingerprint density at radius 1 is 1.25 bits per heavy atom. The molecule has 9 nitrogen and oxygen atoms in total. The molecule has 1 atom stereocenters. The zero-order valence-electron chi connectivity index (χ0n) is 16.2. The maximum atomic E-state index is 12.7. The lowest BCUT2D eigenvalue weighted by Crippen LogP contribution is -2.38. The Balaban J connectivity index is 2.51. The molecule has 0 fully saturated rings. The van der Waals surface area contributed by atoms with Gasteiger partial charge in [0.1, 0.15) is 0 Å². The monoisotopic (exact) mass is 391 g/mol. The number of Topliss-reactive ketones (excluding diaryl/α,β-unsaturated/α-hetero) is 1. The van der Waals surface area contributed by atoms with Gasteiger partial charge >= 0.3 is 5.69 Å². The topological polar surface area (TPSA) is 124 Å². The molecule has 28 heavy (non-hydrogen) atoms. The predicted molar refractivity (Wildman–Crippen MR) is 102 cm³/mol. The first-order chi connectivity index (χ1) is 13.3. The van der Waals surface area contributed by atoms with Crippen molar-refractivity contribution in [3.63, 3.8) is 0 Å². The molecule has 152 valence electrons. The third kappa shape index (κ3) is 3.99. The summed E-state index contributed by atoms with van der Waals surface area (Å²) in [5, 5.41) is 31.3. The third-order valence-electron chi connectivity index (χ3n) is 4.99. The second-order valence-electron chi connectivity index (χ2n) is 6.47. The number of hydrogen-bond acceptors (Lipinski definition) is 7. The number of rotatable bonds is 9. The summed E-state index contributed by atoms with van der Waals surface area (Å²) < 4.78 is 0. The Morgan fingerprint density at radius 3 is 2.43 bits per heavy atom. The molecule has 0 aliphatic carbocycles. The molecule has 1 aliphatic heterocycles. The molecule has 9 heteroatoms. The quantitative estimate of drug-likeness (QED) is 0.489. The van der Waals surface area contributed by atoms with Crippen LogP contribution in [0.3, 0.4) is 0 Å². The summed E-state index contributed by atoms with van der Waals surface area (Å²) >= 11 is 0. The molecule has 1 aromatic rings. The molecular weight excluding hydrogens is 366 g/mol. The summed E-state index contributed by atoms with van der Waals surface area (Å²) in [4.78, 5) is 39.0. The summed E-state index contributed by atoms with van der Waals surface area (Å²) in [6, 6.07) is 2.78. The summed E-state index contributed by atoms with van der Waals surface area (Å²) in [5.74, 6) is -2.21. The van der Waals surface area contributed by atoms with Crippen LogP contribution < -0.4 is 0 Å². The average Bonchev–Trinajstić information content (AvgIpc) is 2.93. The minimum atomic E-state index is -0.935. The number of nitro groups is 1. The van der Waals surface area contributed by atoms with Crippen LogP contribution in [0.4, 0.5) is 5.69 Å². The molecule has 1 heterocycles. The summed E-state index contributed by atoms with van der Waals surface area (Å²) in [6.45, 7) is 7.89. The fourth-order valence-electron chi connectivity index (χ4n) is 3.35. The van der Waals surface area contributed by atoms with Gasteiger partial charge in [0.25, 0.3) is 5.91 Å². The van der Waals surface area contributed by atoms with Gasteiger partial charge in [0.2, 0.25) is 0 Å². The molecule has 1 amide bonds. The predicted octanol–water partition coefficient (Wildman–Crippen LogP) is 2.32. The van der Waals surface area contributed by atoms with Gasteiger partial charge in [-0.1, -0.05) is 26.8 Å². The van der Waals surface area contributed by atoms with Crippen LogP contribution >= 0.6 is 0 Å². The normalized spacial score (nSPS) is 16.9. The number of aliphatic hydroxyl groups is 1. The molecule has 0 bridgehead atoms. The van der Waals surface area contributed by atoms with Crippen molar-refractivity contribution in [1.29, 1.82) is 0 Å². The van der Waals surface area contributed by atoms with E-state index < -0.39 is 39.9 Å². The largest absolute Gasteiger partial charge is 0.503 e. The highest BCUT2D eigenvalue weighted by atomic mass is 16.6. The second-order valence-corrected chi connectivity index (χ2v) is 6.47. The maximum absolute atomic E-state index is 12.7. The van der Waals surface area contributed by atoms with Gasteiger partial charge in [0, 0.05) is 25.6 Å². The van der Waals surface area contributed by atoms with Crippen LogP contribution in [0.2, 0.25) is 0 Å². The summed E-state index contributed by atoms with van der Waals surface area (Å²) in [7, 11) is 0. The lowest BCUT2D eigenvalue weighted by Gasteiger charge is -2.29. The second kappa shape index (κ2) is 8.83. The van der Waals surface area contributed by atoms with Crippen molar-refractivity contribution in [2.24, 2.45) is 0 Å². The van der Waals surface area contributed by atoms with Crippen LogP contribution in [-0.4, -0.2) is 62.8 Å². The van der Waals surface area contributed by atoms with E-state index in [0.717, 1.165) is 25.2 Å². The van der Waals surface area contributed by atoms with Crippen LogP contribution in [0, 0.1) is 10.1 Å². The number of aliphatic hydroxyl groups excluding tert-OH is 1. The van der Waals surface area contributed by atoms with Gasteiger partial charge in [-0.05, 0) is 24.7 Å². The van der Waals surface area contributed by atoms with Crippen molar-refractivity contribution < 1.29 is 24.7 Å². The number of amides is 1. The number of phenolic OH excluding ortho intramolecular Hbond substituents is 1. The van der Waals surface area contributed by atoms with E-state index in [1.807, 2.05) is 13.8 Å². The van der Waals surface area contributed by atoms with E-state index in [1.165, 1.54) is 11.0 Å². The van der Waals surface area contributed by atoms with Gasteiger partial charge in [-0.15, -0.1) is 0 Å². The van der Waals surface area contributed by atoms with Crippen LogP contribution in [0.15, 0.2) is 29.5 Å². The van der Waals surface area contributed by atoms with E-state index in [2.05, 4.69) is 4.90 Å². The molecule has 2 N–H and O–H groups in total. The minimum Gasteiger partial charge on any atom is -0.503 e. The first-order valence-corrected chi connectivity index (χ1v) is 9.23. The van der Waals surface area contributed by atoms with Crippen molar-refractivity contribution in [2.75, 3.05) is 26.2 Å². The van der Waals surface area contributed by atoms with Gasteiger partial charge in [-0.3, -0.25) is 19.7 Å². The summed E-state index contributed by atoms with van der Waals surface area (Å²) in [5.41, 5.74) is -0.298. The summed E-state index contributed by atoms with van der Waals surface area (Å²) in [6.07, 6.45) is 0.0766. The molecule has 1 aliphatic rings. The van der Waals surface area contributed by atoms with Crippen molar-refractivity contribution in [2.45, 2.75) is 33.2 Å². The van der Waals surface area contributed by atoms with Crippen molar-refractivity contribution in [1.82, 2.24) is 9.80 Å². The third-order valence-corrected chi connectivity index (χ3v) is 4.99. The number of carbonyl (C=O) groups is 2. The number of likely N-dealkylation sites (N-methyl/N-ethyl adjacent to an activating group) is 1. The molecule has 0 saturated carbocycles. The van der Waals surface area contributed by atoms with E-state index >= 15 is 0 Å². The average molecular weight is 391 g/mol. The first-order valence-electron chi connectivity index (χ1n) is 9.23. The Kier molecular flexibility index (Phi) is 6.74.